The molecular formula is C17H24N2O4. The summed E-state index contributed by atoms with van der Waals surface area (Å²) in [6, 6.07) is 6.60. The molecule has 1 aromatic carbocycles. The van der Waals surface area contributed by atoms with E-state index in [9.17, 15) is 14.4 Å². The van der Waals surface area contributed by atoms with Gasteiger partial charge < -0.3 is 15.7 Å². The summed E-state index contributed by atoms with van der Waals surface area (Å²) < 4.78 is 0. The van der Waals surface area contributed by atoms with Crippen LogP contribution in [0.2, 0.25) is 0 Å². The summed E-state index contributed by atoms with van der Waals surface area (Å²) in [5.41, 5.74) is 1.09. The molecule has 0 fully saturated rings. The zero-order valence-electron chi connectivity index (χ0n) is 14.0. The van der Waals surface area contributed by atoms with Gasteiger partial charge in [-0.1, -0.05) is 32.9 Å². The second-order valence-electron chi connectivity index (χ2n) is 6.74. The minimum Gasteiger partial charge on any atom is -0.481 e. The topological polar surface area (TPSA) is 95.5 Å². The third kappa shape index (κ3) is 6.95. The maximum Gasteiger partial charge on any atom is 0.310 e. The van der Waals surface area contributed by atoms with Gasteiger partial charge in [-0.25, -0.2) is 0 Å². The number of nitrogens with one attached hydrogen (secondary N) is 2. The molecule has 0 spiro atoms. The predicted molar refractivity (Wildman–Crippen MR) is 88.2 cm³/mol. The Morgan fingerprint density at radius 2 is 1.65 bits per heavy atom. The lowest BCUT2D eigenvalue weighted by Gasteiger charge is -2.17. The summed E-state index contributed by atoms with van der Waals surface area (Å²) in [5, 5.41) is 14.2. The molecule has 1 atom stereocenters. The smallest absolute Gasteiger partial charge is 0.310 e. The number of anilines is 1. The molecule has 0 aliphatic heterocycles. The van der Waals surface area contributed by atoms with E-state index in [4.69, 9.17) is 5.11 Å². The van der Waals surface area contributed by atoms with Crippen molar-refractivity contribution >= 4 is 23.5 Å². The number of aliphatic carboxylic acids is 1. The lowest BCUT2D eigenvalue weighted by Crippen LogP contribution is -2.34. The maximum atomic E-state index is 11.8. The van der Waals surface area contributed by atoms with Gasteiger partial charge in [0.15, 0.2) is 0 Å². The van der Waals surface area contributed by atoms with Gasteiger partial charge in [0.25, 0.3) is 0 Å². The van der Waals surface area contributed by atoms with Gasteiger partial charge in [-0.15, -0.1) is 0 Å². The molecule has 0 radical (unpaired) electrons. The Labute approximate surface area is 136 Å². The fourth-order valence-electron chi connectivity index (χ4n) is 1.93. The molecule has 0 saturated carbocycles. The highest BCUT2D eigenvalue weighted by Crippen LogP contribution is 2.19. The van der Waals surface area contributed by atoms with Crippen molar-refractivity contribution in [2.75, 3.05) is 11.9 Å². The quantitative estimate of drug-likeness (QED) is 0.750. The van der Waals surface area contributed by atoms with Gasteiger partial charge in [0.05, 0.1) is 12.5 Å². The molecule has 0 heterocycles. The Bertz CT molecular complexity index is 573. The maximum absolute atomic E-state index is 11.8. The zero-order chi connectivity index (χ0) is 17.6. The number of carboxylic acid groups (broad SMARTS) is 1. The fourth-order valence-corrected chi connectivity index (χ4v) is 1.93. The van der Waals surface area contributed by atoms with E-state index in [1.54, 1.807) is 31.2 Å². The van der Waals surface area contributed by atoms with Crippen molar-refractivity contribution in [3.05, 3.63) is 29.8 Å². The second-order valence-corrected chi connectivity index (χ2v) is 6.74. The highest BCUT2D eigenvalue weighted by Gasteiger charge is 2.16. The third-order valence-corrected chi connectivity index (χ3v) is 3.20. The number of hydrogen-bond acceptors (Lipinski definition) is 3. The Morgan fingerprint density at radius 3 is 2.13 bits per heavy atom. The van der Waals surface area contributed by atoms with Gasteiger partial charge in [0.2, 0.25) is 11.8 Å². The number of benzene rings is 1. The van der Waals surface area contributed by atoms with Crippen LogP contribution in [-0.2, 0) is 14.4 Å². The molecule has 126 valence electrons. The highest BCUT2D eigenvalue weighted by molar-refractivity contribution is 5.94. The van der Waals surface area contributed by atoms with Crippen LogP contribution >= 0.6 is 0 Å². The lowest BCUT2D eigenvalue weighted by atomic mass is 9.92. The van der Waals surface area contributed by atoms with Gasteiger partial charge in [-0.3, -0.25) is 14.4 Å². The first-order valence-electron chi connectivity index (χ1n) is 7.48. The number of carbonyl (C=O) groups excluding carboxylic acids is 2. The van der Waals surface area contributed by atoms with Crippen molar-refractivity contribution in [1.29, 1.82) is 0 Å². The van der Waals surface area contributed by atoms with E-state index in [-0.39, 0.29) is 23.8 Å². The Hall–Kier alpha value is -2.37. The van der Waals surface area contributed by atoms with Crippen LogP contribution < -0.4 is 10.6 Å². The Morgan fingerprint density at radius 1 is 1.09 bits per heavy atom. The van der Waals surface area contributed by atoms with E-state index < -0.39 is 11.9 Å². The first kappa shape index (κ1) is 18.7. The molecule has 0 aliphatic rings. The number of rotatable bonds is 6. The van der Waals surface area contributed by atoms with E-state index in [2.05, 4.69) is 10.6 Å². The summed E-state index contributed by atoms with van der Waals surface area (Å²) in [5.74, 6) is -2.00. The molecule has 1 aromatic rings. The van der Waals surface area contributed by atoms with Crippen LogP contribution in [0.15, 0.2) is 24.3 Å². The van der Waals surface area contributed by atoms with Crippen molar-refractivity contribution in [3.8, 4) is 0 Å². The largest absolute Gasteiger partial charge is 0.481 e. The molecule has 23 heavy (non-hydrogen) atoms. The molecule has 3 N–H and O–H groups in total. The molecule has 6 nitrogen and oxygen atoms in total. The molecule has 0 saturated heterocycles. The monoisotopic (exact) mass is 320 g/mol. The third-order valence-electron chi connectivity index (χ3n) is 3.20. The standard InChI is InChI=1S/C17H24N2O4/c1-11(16(22)23)12-5-7-13(8-6-12)19-15(21)10-18-14(20)9-17(2,3)4/h5-8,11H,9-10H2,1-4H3,(H,18,20)(H,19,21)(H,22,23). The van der Waals surface area contributed by atoms with E-state index in [1.807, 2.05) is 20.8 Å². The average molecular weight is 320 g/mol. The number of hydrogen-bond donors (Lipinski definition) is 3. The van der Waals surface area contributed by atoms with Crippen LogP contribution in [0.5, 0.6) is 0 Å². The van der Waals surface area contributed by atoms with Gasteiger partial charge in [-0.05, 0) is 30.0 Å². The van der Waals surface area contributed by atoms with E-state index in [0.29, 0.717) is 17.7 Å². The highest BCUT2D eigenvalue weighted by atomic mass is 16.4. The summed E-state index contributed by atoms with van der Waals surface area (Å²) in [7, 11) is 0. The van der Waals surface area contributed by atoms with Crippen LogP contribution in [0.4, 0.5) is 5.69 Å². The lowest BCUT2D eigenvalue weighted by molar-refractivity contribution is -0.138. The molecule has 0 aliphatic carbocycles. The minimum atomic E-state index is -0.900. The molecule has 0 aromatic heterocycles. The number of amides is 2. The van der Waals surface area contributed by atoms with Gasteiger partial charge in [-0.2, -0.15) is 0 Å². The predicted octanol–water partition coefficient (Wildman–Crippen LogP) is 2.37. The molecule has 2 amide bonds. The molecular weight excluding hydrogens is 296 g/mol. The normalized spacial score (nSPS) is 12.3. The molecule has 1 rings (SSSR count). The first-order chi connectivity index (χ1) is 10.6. The molecule has 6 heteroatoms. The van der Waals surface area contributed by atoms with Crippen LogP contribution in [-0.4, -0.2) is 29.4 Å². The van der Waals surface area contributed by atoms with Crippen LogP contribution in [0, 0.1) is 5.41 Å². The number of carboxylic acids is 1. The summed E-state index contributed by atoms with van der Waals surface area (Å²) in [4.78, 5) is 34.3. The van der Waals surface area contributed by atoms with Crippen LogP contribution in [0.25, 0.3) is 0 Å². The van der Waals surface area contributed by atoms with Crippen molar-refractivity contribution in [2.45, 2.75) is 40.0 Å². The Kier molecular flexibility index (Phi) is 6.30. The van der Waals surface area contributed by atoms with E-state index >= 15 is 0 Å². The van der Waals surface area contributed by atoms with Gasteiger partial charge in [0, 0.05) is 12.1 Å². The summed E-state index contributed by atoms with van der Waals surface area (Å²) in [6.07, 6.45) is 0.349. The van der Waals surface area contributed by atoms with Crippen LogP contribution in [0.1, 0.15) is 45.6 Å². The average Bonchev–Trinajstić information content (AvgIpc) is 2.43. The van der Waals surface area contributed by atoms with E-state index in [1.165, 1.54) is 0 Å². The van der Waals surface area contributed by atoms with Crippen molar-refractivity contribution in [2.24, 2.45) is 5.41 Å². The summed E-state index contributed by atoms with van der Waals surface area (Å²) in [6.45, 7) is 7.36. The van der Waals surface area contributed by atoms with Crippen molar-refractivity contribution in [3.63, 3.8) is 0 Å². The molecule has 0 bridgehead atoms. The fraction of sp³-hybridized carbons (Fsp3) is 0.471. The SMILES string of the molecule is CC(C(=O)O)c1ccc(NC(=O)CNC(=O)CC(C)(C)C)cc1. The van der Waals surface area contributed by atoms with Crippen molar-refractivity contribution in [1.82, 2.24) is 5.32 Å². The van der Waals surface area contributed by atoms with E-state index in [0.717, 1.165) is 0 Å². The van der Waals surface area contributed by atoms with Gasteiger partial charge in [0.1, 0.15) is 0 Å². The first-order valence-corrected chi connectivity index (χ1v) is 7.48. The summed E-state index contributed by atoms with van der Waals surface area (Å²) >= 11 is 0. The Balaban J connectivity index is 2.49. The van der Waals surface area contributed by atoms with Crippen molar-refractivity contribution < 1.29 is 19.5 Å². The number of carbonyl (C=O) groups is 3. The van der Waals surface area contributed by atoms with Gasteiger partial charge >= 0.3 is 5.97 Å². The second kappa shape index (κ2) is 7.76. The van der Waals surface area contributed by atoms with Crippen LogP contribution in [0.3, 0.4) is 0 Å². The molecule has 1 unspecified atom stereocenters. The zero-order valence-corrected chi connectivity index (χ0v) is 14.0. The minimum absolute atomic E-state index is 0.0950.